The van der Waals surface area contributed by atoms with Crippen LogP contribution in [0, 0.1) is 5.92 Å². The highest BCUT2D eigenvalue weighted by atomic mass is 35.5. The first kappa shape index (κ1) is 25.2. The molecule has 3 N–H and O–H groups in total. The van der Waals surface area contributed by atoms with Gasteiger partial charge in [-0.3, -0.25) is 10.1 Å². The van der Waals surface area contributed by atoms with Gasteiger partial charge >= 0.3 is 12.0 Å². The monoisotopic (exact) mass is 467 g/mol. The van der Waals surface area contributed by atoms with Gasteiger partial charge < -0.3 is 10.1 Å². The van der Waals surface area contributed by atoms with Gasteiger partial charge in [0.2, 0.25) is 10.0 Å². The van der Waals surface area contributed by atoms with Gasteiger partial charge in [0.1, 0.15) is 4.90 Å². The normalized spacial score (nSPS) is 11.2. The minimum Gasteiger partial charge on any atom is -0.452 e. The molecule has 0 bridgehead atoms. The molecule has 0 radical (unpaired) electrons. The fourth-order valence-electron chi connectivity index (χ4n) is 1.90. The molecular weight excluding hydrogens is 445 g/mol. The molecule has 0 heterocycles. The van der Waals surface area contributed by atoms with E-state index in [0.29, 0.717) is 13.0 Å². The van der Waals surface area contributed by atoms with Crippen LogP contribution in [0.2, 0.25) is 10.0 Å². The SMILES string of the molecule is CCCNC(=O)NC(=O)COC(=O)c1cc(S(=O)(=O)NCC(C)C)c(Cl)cc1Cl. The van der Waals surface area contributed by atoms with Gasteiger partial charge in [-0.2, -0.15) is 0 Å². The second-order valence-corrected chi connectivity index (χ2v) is 8.94. The van der Waals surface area contributed by atoms with Crippen molar-refractivity contribution in [3.05, 3.63) is 27.7 Å². The van der Waals surface area contributed by atoms with Gasteiger partial charge in [0, 0.05) is 13.1 Å². The number of carbonyl (C=O) groups excluding carboxylic acids is 3. The quantitative estimate of drug-likeness (QED) is 0.477. The van der Waals surface area contributed by atoms with Crippen LogP contribution in [0.15, 0.2) is 17.0 Å². The third-order valence-corrected chi connectivity index (χ3v) is 5.54. The first-order valence-electron chi connectivity index (χ1n) is 8.71. The zero-order valence-corrected chi connectivity index (χ0v) is 18.5. The van der Waals surface area contributed by atoms with Gasteiger partial charge in [-0.1, -0.05) is 44.0 Å². The molecule has 0 fully saturated rings. The molecule has 3 amide bonds. The minimum atomic E-state index is -4.00. The standard InChI is InChI=1S/C17H23Cl2N3O6S/c1-4-5-20-17(25)22-15(23)9-28-16(24)11-6-14(13(19)7-12(11)18)29(26,27)21-8-10(2)3/h6-7,10,21H,4-5,8-9H2,1-3H3,(H2,20,22,23,25). The maximum atomic E-state index is 12.4. The van der Waals surface area contributed by atoms with Crippen LogP contribution in [0.3, 0.4) is 0 Å². The largest absolute Gasteiger partial charge is 0.452 e. The molecule has 0 saturated heterocycles. The molecule has 29 heavy (non-hydrogen) atoms. The lowest BCUT2D eigenvalue weighted by atomic mass is 10.2. The fourth-order valence-corrected chi connectivity index (χ4v) is 3.96. The van der Waals surface area contributed by atoms with E-state index in [4.69, 9.17) is 27.9 Å². The number of imide groups is 1. The lowest BCUT2D eigenvalue weighted by Crippen LogP contribution is -2.41. The number of ether oxygens (including phenoxy) is 1. The number of sulfonamides is 1. The second kappa shape index (κ2) is 11.3. The molecule has 0 aliphatic heterocycles. The summed E-state index contributed by atoms with van der Waals surface area (Å²) >= 11 is 11.9. The maximum Gasteiger partial charge on any atom is 0.340 e. The first-order chi connectivity index (χ1) is 13.5. The molecule has 162 valence electrons. The summed E-state index contributed by atoms with van der Waals surface area (Å²) in [5.41, 5.74) is -0.288. The van der Waals surface area contributed by atoms with E-state index in [2.05, 4.69) is 10.0 Å². The van der Waals surface area contributed by atoms with Crippen molar-refractivity contribution in [3.8, 4) is 0 Å². The van der Waals surface area contributed by atoms with Crippen molar-refractivity contribution in [2.75, 3.05) is 19.7 Å². The van der Waals surface area contributed by atoms with Crippen molar-refractivity contribution in [2.45, 2.75) is 32.1 Å². The number of hydrogen-bond acceptors (Lipinski definition) is 6. The van der Waals surface area contributed by atoms with Crippen LogP contribution >= 0.6 is 23.2 Å². The summed E-state index contributed by atoms with van der Waals surface area (Å²) in [7, 11) is -4.00. The fraction of sp³-hybridized carbons (Fsp3) is 0.471. The van der Waals surface area contributed by atoms with Gasteiger partial charge in [-0.05, 0) is 24.5 Å². The molecule has 0 saturated carbocycles. The van der Waals surface area contributed by atoms with Gasteiger partial charge in [-0.25, -0.2) is 22.7 Å². The smallest absolute Gasteiger partial charge is 0.340 e. The Labute approximate surface area is 179 Å². The summed E-state index contributed by atoms with van der Waals surface area (Å²) in [5, 5.41) is 4.08. The number of rotatable bonds is 9. The molecule has 12 heteroatoms. The highest BCUT2D eigenvalue weighted by Crippen LogP contribution is 2.29. The third-order valence-electron chi connectivity index (χ3n) is 3.34. The number of nitrogens with one attached hydrogen (secondary N) is 3. The van der Waals surface area contributed by atoms with E-state index in [1.54, 1.807) is 0 Å². The summed E-state index contributed by atoms with van der Waals surface area (Å²) < 4.78 is 32.0. The number of amides is 3. The van der Waals surface area contributed by atoms with E-state index in [1.807, 2.05) is 26.1 Å². The van der Waals surface area contributed by atoms with E-state index in [-0.39, 0.29) is 33.0 Å². The van der Waals surface area contributed by atoms with Crippen LogP contribution in [-0.4, -0.2) is 46.0 Å². The zero-order valence-electron chi connectivity index (χ0n) is 16.2. The van der Waals surface area contributed by atoms with Gasteiger partial charge in [0.05, 0.1) is 15.6 Å². The molecule has 1 aromatic rings. The van der Waals surface area contributed by atoms with E-state index in [9.17, 15) is 22.8 Å². The maximum absolute atomic E-state index is 12.4. The lowest BCUT2D eigenvalue weighted by Gasteiger charge is -2.13. The molecule has 0 spiro atoms. The average Bonchev–Trinajstić information content (AvgIpc) is 2.62. The van der Waals surface area contributed by atoms with Crippen LogP contribution < -0.4 is 15.4 Å². The van der Waals surface area contributed by atoms with Gasteiger partial charge in [0.15, 0.2) is 6.61 Å². The van der Waals surface area contributed by atoms with Crippen LogP contribution in [-0.2, 0) is 19.6 Å². The number of benzene rings is 1. The molecule has 0 atom stereocenters. The zero-order chi connectivity index (χ0) is 22.2. The Balaban J connectivity index is 2.89. The Morgan fingerprint density at radius 3 is 2.38 bits per heavy atom. The Morgan fingerprint density at radius 1 is 1.14 bits per heavy atom. The summed E-state index contributed by atoms with van der Waals surface area (Å²) in [6.45, 7) is 5.27. The average molecular weight is 468 g/mol. The molecule has 1 rings (SSSR count). The summed E-state index contributed by atoms with van der Waals surface area (Å²) in [6, 6.07) is 1.35. The molecular formula is C17H23Cl2N3O6S. The van der Waals surface area contributed by atoms with Crippen LogP contribution in [0.4, 0.5) is 4.79 Å². The molecule has 0 unspecified atom stereocenters. The third kappa shape index (κ3) is 8.17. The second-order valence-electron chi connectivity index (χ2n) is 6.39. The summed E-state index contributed by atoms with van der Waals surface area (Å²) in [6.07, 6.45) is 0.683. The number of esters is 1. The van der Waals surface area contributed by atoms with Crippen LogP contribution in [0.25, 0.3) is 0 Å². The van der Waals surface area contributed by atoms with Crippen molar-refractivity contribution in [1.82, 2.24) is 15.4 Å². The van der Waals surface area contributed by atoms with Gasteiger partial charge in [-0.15, -0.1) is 0 Å². The number of hydrogen-bond donors (Lipinski definition) is 3. The predicted molar refractivity (Wildman–Crippen MR) is 109 cm³/mol. The van der Waals surface area contributed by atoms with E-state index in [0.717, 1.165) is 12.1 Å². The van der Waals surface area contributed by atoms with E-state index in [1.165, 1.54) is 0 Å². The number of halogens is 2. The van der Waals surface area contributed by atoms with Crippen molar-refractivity contribution in [2.24, 2.45) is 5.92 Å². The predicted octanol–water partition coefficient (Wildman–Crippen LogP) is 2.32. The highest BCUT2D eigenvalue weighted by Gasteiger charge is 2.24. The topological polar surface area (TPSA) is 131 Å². The first-order valence-corrected chi connectivity index (χ1v) is 10.9. The highest BCUT2D eigenvalue weighted by molar-refractivity contribution is 7.89. The number of carbonyl (C=O) groups is 3. The van der Waals surface area contributed by atoms with Crippen molar-refractivity contribution in [1.29, 1.82) is 0 Å². The number of urea groups is 1. The Hall–Kier alpha value is -1.88. The van der Waals surface area contributed by atoms with E-state index >= 15 is 0 Å². The van der Waals surface area contributed by atoms with Crippen molar-refractivity contribution < 1.29 is 27.5 Å². The summed E-state index contributed by atoms with van der Waals surface area (Å²) in [4.78, 5) is 34.9. The lowest BCUT2D eigenvalue weighted by molar-refractivity contribution is -0.123. The Kier molecular flexibility index (Phi) is 9.84. The van der Waals surface area contributed by atoms with Crippen LogP contribution in [0.5, 0.6) is 0 Å². The van der Waals surface area contributed by atoms with Crippen molar-refractivity contribution >= 4 is 51.1 Å². The molecule has 0 aliphatic carbocycles. The molecule has 0 aliphatic rings. The van der Waals surface area contributed by atoms with Crippen molar-refractivity contribution in [3.63, 3.8) is 0 Å². The molecule has 1 aromatic carbocycles. The molecule has 0 aromatic heterocycles. The van der Waals surface area contributed by atoms with Gasteiger partial charge in [0.25, 0.3) is 5.91 Å². The molecule has 9 nitrogen and oxygen atoms in total. The Morgan fingerprint density at radius 2 is 1.79 bits per heavy atom. The Bertz CT molecular complexity index is 874. The summed E-state index contributed by atoms with van der Waals surface area (Å²) in [5.74, 6) is -1.85. The minimum absolute atomic E-state index is 0.0494. The van der Waals surface area contributed by atoms with E-state index < -0.39 is 34.5 Å². The van der Waals surface area contributed by atoms with Crippen LogP contribution in [0.1, 0.15) is 37.6 Å².